The third kappa shape index (κ3) is 2.22. The Bertz CT molecular complexity index is 594. The summed E-state index contributed by atoms with van der Waals surface area (Å²) in [5, 5.41) is 12.9. The lowest BCUT2D eigenvalue weighted by atomic mass is 9.68. The van der Waals surface area contributed by atoms with Crippen molar-refractivity contribution in [1.29, 1.82) is 0 Å². The topological polar surface area (TPSA) is 49.3 Å². The van der Waals surface area contributed by atoms with Crippen molar-refractivity contribution in [3.63, 3.8) is 0 Å². The Morgan fingerprint density at radius 2 is 2.10 bits per heavy atom. The van der Waals surface area contributed by atoms with Crippen molar-refractivity contribution in [2.24, 2.45) is 16.7 Å². The minimum atomic E-state index is -0.108. The lowest BCUT2D eigenvalue weighted by molar-refractivity contribution is 0.0737. The monoisotopic (exact) mass is 307 g/mol. The van der Waals surface area contributed by atoms with Crippen LogP contribution in [0.5, 0.6) is 5.75 Å². The number of carbonyl (C=O) groups is 1. The van der Waals surface area contributed by atoms with Crippen LogP contribution in [-0.4, -0.2) is 17.1 Å². The molecule has 2 saturated carbocycles. The summed E-state index contributed by atoms with van der Waals surface area (Å²) < 4.78 is 0. The molecule has 0 radical (unpaired) electrons. The van der Waals surface area contributed by atoms with E-state index in [1.165, 1.54) is 31.4 Å². The maximum absolute atomic E-state index is 12.5. The van der Waals surface area contributed by atoms with Gasteiger partial charge >= 0.3 is 0 Å². The number of phenolic OH excluding ortho intramolecular Hbond substituents is 1. The number of rotatable bonds is 2. The van der Waals surface area contributed by atoms with E-state index in [1.807, 2.05) is 0 Å². The van der Waals surface area contributed by atoms with E-state index >= 15 is 0 Å². The van der Waals surface area contributed by atoms with Crippen LogP contribution >= 0.6 is 11.6 Å². The second kappa shape index (κ2) is 4.64. The van der Waals surface area contributed by atoms with E-state index in [2.05, 4.69) is 26.1 Å². The average Bonchev–Trinajstić information content (AvgIpc) is 2.89. The van der Waals surface area contributed by atoms with Gasteiger partial charge < -0.3 is 10.4 Å². The molecule has 2 aliphatic rings. The number of hydrogen-bond donors (Lipinski definition) is 2. The van der Waals surface area contributed by atoms with Crippen molar-refractivity contribution in [1.82, 2.24) is 5.32 Å². The first-order valence-electron chi connectivity index (χ1n) is 7.53. The largest absolute Gasteiger partial charge is 0.506 e. The minimum absolute atomic E-state index is 0.000400. The molecule has 0 aromatic heterocycles. The van der Waals surface area contributed by atoms with Gasteiger partial charge in [0.1, 0.15) is 5.75 Å². The molecule has 0 heterocycles. The van der Waals surface area contributed by atoms with Crippen molar-refractivity contribution in [3.05, 3.63) is 28.8 Å². The van der Waals surface area contributed by atoms with Crippen LogP contribution in [0, 0.1) is 16.7 Å². The standard InChI is InChI=1S/C17H22ClNO2/c1-16(2)11-6-7-17(3,9-11)15(16)19-14(21)10-4-5-13(20)12(18)8-10/h4-5,8,11,15,20H,6-7,9H2,1-3H3,(H,19,21). The molecule has 21 heavy (non-hydrogen) atoms. The first-order valence-corrected chi connectivity index (χ1v) is 7.91. The molecule has 0 spiro atoms. The molecule has 2 fully saturated rings. The van der Waals surface area contributed by atoms with Crippen LogP contribution in [-0.2, 0) is 0 Å². The Morgan fingerprint density at radius 1 is 1.38 bits per heavy atom. The normalized spacial score (nSPS) is 33.1. The van der Waals surface area contributed by atoms with Gasteiger partial charge in [-0.25, -0.2) is 0 Å². The summed E-state index contributed by atoms with van der Waals surface area (Å²) in [7, 11) is 0. The number of halogens is 1. The SMILES string of the molecule is CC12CCC(C1)C(C)(C)C2NC(=O)c1ccc(O)c(Cl)c1. The van der Waals surface area contributed by atoms with Gasteiger partial charge in [-0.05, 0) is 54.2 Å². The molecule has 114 valence electrons. The molecule has 3 nitrogen and oxygen atoms in total. The molecule has 0 saturated heterocycles. The molecule has 1 aromatic rings. The molecule has 2 aliphatic carbocycles. The van der Waals surface area contributed by atoms with E-state index < -0.39 is 0 Å². The number of hydrogen-bond acceptors (Lipinski definition) is 2. The summed E-state index contributed by atoms with van der Waals surface area (Å²) in [5.74, 6) is 0.584. The van der Waals surface area contributed by atoms with Crippen molar-refractivity contribution < 1.29 is 9.90 Å². The molecule has 0 aliphatic heterocycles. The number of carbonyl (C=O) groups excluding carboxylic acids is 1. The van der Waals surface area contributed by atoms with E-state index in [9.17, 15) is 9.90 Å². The van der Waals surface area contributed by atoms with Crippen LogP contribution in [0.2, 0.25) is 5.02 Å². The third-order valence-electron chi connectivity index (χ3n) is 5.76. The zero-order chi connectivity index (χ0) is 15.4. The van der Waals surface area contributed by atoms with Crippen molar-refractivity contribution in [2.75, 3.05) is 0 Å². The predicted octanol–water partition coefficient (Wildman–Crippen LogP) is 3.99. The summed E-state index contributed by atoms with van der Waals surface area (Å²) >= 11 is 5.89. The van der Waals surface area contributed by atoms with Gasteiger partial charge in [-0.15, -0.1) is 0 Å². The Balaban J connectivity index is 1.83. The van der Waals surface area contributed by atoms with Crippen molar-refractivity contribution in [3.8, 4) is 5.75 Å². The first-order chi connectivity index (χ1) is 9.74. The molecule has 4 heteroatoms. The van der Waals surface area contributed by atoms with Gasteiger partial charge in [0.2, 0.25) is 0 Å². The van der Waals surface area contributed by atoms with Gasteiger partial charge in [0.25, 0.3) is 5.91 Å². The molecule has 3 atom stereocenters. The number of nitrogens with one attached hydrogen (secondary N) is 1. The van der Waals surface area contributed by atoms with Gasteiger partial charge in [-0.1, -0.05) is 32.4 Å². The fraction of sp³-hybridized carbons (Fsp3) is 0.588. The second-order valence-corrected chi connectivity index (χ2v) is 7.89. The average molecular weight is 308 g/mol. The molecule has 2 N–H and O–H groups in total. The highest BCUT2D eigenvalue weighted by Crippen LogP contribution is 2.62. The molecular weight excluding hydrogens is 286 g/mol. The third-order valence-corrected chi connectivity index (χ3v) is 6.06. The number of phenols is 1. The van der Waals surface area contributed by atoms with Crippen LogP contribution < -0.4 is 5.32 Å². The van der Waals surface area contributed by atoms with Gasteiger partial charge in [0.15, 0.2) is 0 Å². The Labute approximate surface area is 130 Å². The Hall–Kier alpha value is -1.22. The summed E-state index contributed by atoms with van der Waals surface area (Å²) in [6.45, 7) is 6.81. The zero-order valence-corrected chi connectivity index (χ0v) is 13.5. The van der Waals surface area contributed by atoms with Gasteiger partial charge in [-0.2, -0.15) is 0 Å². The maximum Gasteiger partial charge on any atom is 0.251 e. The molecule has 3 unspecified atom stereocenters. The van der Waals surface area contributed by atoms with E-state index in [0.29, 0.717) is 11.5 Å². The lowest BCUT2D eigenvalue weighted by Crippen LogP contribution is -2.52. The Kier molecular flexibility index (Phi) is 3.25. The maximum atomic E-state index is 12.5. The second-order valence-electron chi connectivity index (χ2n) is 7.49. The van der Waals surface area contributed by atoms with Gasteiger partial charge in [-0.3, -0.25) is 4.79 Å². The number of amides is 1. The van der Waals surface area contributed by atoms with Crippen LogP contribution in [0.15, 0.2) is 18.2 Å². The molecule has 1 amide bonds. The van der Waals surface area contributed by atoms with E-state index in [4.69, 9.17) is 11.6 Å². The van der Waals surface area contributed by atoms with E-state index in [0.717, 1.165) is 0 Å². The summed E-state index contributed by atoms with van der Waals surface area (Å²) in [6.07, 6.45) is 3.64. The van der Waals surface area contributed by atoms with Crippen molar-refractivity contribution >= 4 is 17.5 Å². The van der Waals surface area contributed by atoms with Gasteiger partial charge in [0.05, 0.1) is 5.02 Å². The van der Waals surface area contributed by atoms with Crippen molar-refractivity contribution in [2.45, 2.75) is 46.1 Å². The smallest absolute Gasteiger partial charge is 0.251 e. The zero-order valence-electron chi connectivity index (χ0n) is 12.7. The van der Waals surface area contributed by atoms with Gasteiger partial charge in [0, 0.05) is 11.6 Å². The predicted molar refractivity (Wildman–Crippen MR) is 83.6 cm³/mol. The Morgan fingerprint density at radius 3 is 2.67 bits per heavy atom. The number of fused-ring (bicyclic) bond motifs is 2. The summed E-state index contributed by atoms with van der Waals surface area (Å²) in [4.78, 5) is 12.5. The lowest BCUT2D eigenvalue weighted by Gasteiger charge is -2.43. The van der Waals surface area contributed by atoms with E-state index in [-0.39, 0.29) is 33.6 Å². The molecule has 1 aromatic carbocycles. The summed E-state index contributed by atoms with van der Waals surface area (Å²) in [6, 6.07) is 4.78. The highest BCUT2D eigenvalue weighted by molar-refractivity contribution is 6.32. The highest BCUT2D eigenvalue weighted by Gasteiger charge is 2.59. The van der Waals surface area contributed by atoms with E-state index in [1.54, 1.807) is 6.07 Å². The number of aromatic hydroxyl groups is 1. The molecule has 2 bridgehead atoms. The number of benzene rings is 1. The highest BCUT2D eigenvalue weighted by atomic mass is 35.5. The fourth-order valence-corrected chi connectivity index (χ4v) is 4.71. The van der Waals surface area contributed by atoms with Crippen LogP contribution in [0.4, 0.5) is 0 Å². The molecular formula is C17H22ClNO2. The van der Waals surface area contributed by atoms with Crippen LogP contribution in [0.1, 0.15) is 50.4 Å². The van der Waals surface area contributed by atoms with Crippen LogP contribution in [0.25, 0.3) is 0 Å². The first kappa shape index (κ1) is 14.7. The quantitative estimate of drug-likeness (QED) is 0.868. The molecule has 3 rings (SSSR count). The minimum Gasteiger partial charge on any atom is -0.506 e. The summed E-state index contributed by atoms with van der Waals surface area (Å²) in [5.41, 5.74) is 0.827. The van der Waals surface area contributed by atoms with Crippen LogP contribution in [0.3, 0.4) is 0 Å². The fourth-order valence-electron chi connectivity index (χ4n) is 4.52.